The van der Waals surface area contributed by atoms with Gasteiger partial charge in [0.25, 0.3) is 0 Å². The molecule has 0 saturated carbocycles. The summed E-state index contributed by atoms with van der Waals surface area (Å²) in [6.45, 7) is 0. The van der Waals surface area contributed by atoms with E-state index in [4.69, 9.17) is 20.5 Å². The maximum absolute atomic E-state index is 12.0. The van der Waals surface area contributed by atoms with Crippen LogP contribution in [0.5, 0.6) is 5.75 Å². The average molecular weight is 358 g/mol. The average Bonchev–Trinajstić information content (AvgIpc) is 2.70. The molecular formula is C19H14N6O2. The van der Waals surface area contributed by atoms with Gasteiger partial charge in [0, 0.05) is 17.1 Å². The Kier molecular flexibility index (Phi) is 6.37. The Hall–Kier alpha value is -4.48. The summed E-state index contributed by atoms with van der Waals surface area (Å²) >= 11 is 0. The van der Waals surface area contributed by atoms with Crippen LogP contribution < -0.4 is 20.7 Å². The summed E-state index contributed by atoms with van der Waals surface area (Å²) in [4.78, 5) is 12.0. The van der Waals surface area contributed by atoms with Gasteiger partial charge in [0.2, 0.25) is 0 Å². The first-order valence-electron chi connectivity index (χ1n) is 7.63. The van der Waals surface area contributed by atoms with Crippen molar-refractivity contribution in [1.82, 2.24) is 0 Å². The molecule has 8 nitrogen and oxygen atoms in total. The summed E-state index contributed by atoms with van der Waals surface area (Å²) in [6.07, 6.45) is 0. The van der Waals surface area contributed by atoms with Crippen LogP contribution in [0.1, 0.15) is 0 Å². The Labute approximate surface area is 155 Å². The van der Waals surface area contributed by atoms with Gasteiger partial charge in [-0.3, -0.25) is 0 Å². The van der Waals surface area contributed by atoms with E-state index in [1.54, 1.807) is 73.8 Å². The lowest BCUT2D eigenvalue weighted by Gasteiger charge is -2.09. The number of anilines is 3. The van der Waals surface area contributed by atoms with Crippen LogP contribution in [0.25, 0.3) is 0 Å². The summed E-state index contributed by atoms with van der Waals surface area (Å²) in [5.74, 6) is 0.686. The fourth-order valence-corrected chi connectivity index (χ4v) is 2.03. The van der Waals surface area contributed by atoms with Crippen LogP contribution in [0.3, 0.4) is 0 Å². The number of hydrogen-bond donors (Lipinski definition) is 3. The molecule has 27 heavy (non-hydrogen) atoms. The zero-order chi connectivity index (χ0) is 19.6. The molecule has 2 aromatic rings. The molecule has 0 bridgehead atoms. The number of allylic oxidation sites excluding steroid dienone is 2. The van der Waals surface area contributed by atoms with Crippen molar-refractivity contribution in [2.75, 3.05) is 23.1 Å². The molecule has 2 rings (SSSR count). The van der Waals surface area contributed by atoms with Crippen LogP contribution in [0.2, 0.25) is 0 Å². The number of benzene rings is 2. The Balaban J connectivity index is 2.00. The molecular weight excluding hydrogens is 344 g/mol. The fourth-order valence-electron chi connectivity index (χ4n) is 2.03. The molecule has 0 atom stereocenters. The van der Waals surface area contributed by atoms with Crippen molar-refractivity contribution in [1.29, 1.82) is 15.8 Å². The van der Waals surface area contributed by atoms with E-state index in [1.165, 1.54) is 0 Å². The number of nitriles is 3. The minimum Gasteiger partial charge on any atom is -0.497 e. The van der Waals surface area contributed by atoms with Gasteiger partial charge < -0.3 is 20.7 Å². The van der Waals surface area contributed by atoms with Gasteiger partial charge in [0.05, 0.1) is 7.11 Å². The van der Waals surface area contributed by atoms with E-state index >= 15 is 0 Å². The van der Waals surface area contributed by atoms with Crippen molar-refractivity contribution in [2.24, 2.45) is 0 Å². The molecule has 0 spiro atoms. The third kappa shape index (κ3) is 5.25. The van der Waals surface area contributed by atoms with Gasteiger partial charge in [-0.15, -0.1) is 0 Å². The second-order valence-corrected chi connectivity index (χ2v) is 5.10. The number of methoxy groups -OCH3 is 1. The molecule has 132 valence electrons. The number of hydrogen-bond acceptors (Lipinski definition) is 6. The minimum absolute atomic E-state index is 0.141. The Bertz CT molecular complexity index is 957. The second-order valence-electron chi connectivity index (χ2n) is 5.10. The van der Waals surface area contributed by atoms with Crippen LogP contribution >= 0.6 is 0 Å². The lowest BCUT2D eigenvalue weighted by Crippen LogP contribution is -2.19. The van der Waals surface area contributed by atoms with Gasteiger partial charge in [-0.1, -0.05) is 0 Å². The first kappa shape index (κ1) is 18.9. The molecule has 2 amide bonds. The van der Waals surface area contributed by atoms with E-state index in [0.29, 0.717) is 22.8 Å². The van der Waals surface area contributed by atoms with Gasteiger partial charge >= 0.3 is 6.03 Å². The van der Waals surface area contributed by atoms with Gasteiger partial charge in [-0.2, -0.15) is 15.8 Å². The van der Waals surface area contributed by atoms with E-state index < -0.39 is 6.03 Å². The molecule has 0 fully saturated rings. The molecule has 0 heterocycles. The fraction of sp³-hybridized carbons (Fsp3) is 0.0526. The quantitative estimate of drug-likeness (QED) is 0.699. The number of carbonyl (C=O) groups is 1. The molecule has 0 unspecified atom stereocenters. The normalized spacial score (nSPS) is 8.96. The summed E-state index contributed by atoms with van der Waals surface area (Å²) in [5.41, 5.74) is 1.18. The number of carbonyl (C=O) groups excluding carboxylic acids is 1. The molecule has 0 aliphatic rings. The van der Waals surface area contributed by atoms with E-state index in [2.05, 4.69) is 16.0 Å². The smallest absolute Gasteiger partial charge is 0.323 e. The second kappa shape index (κ2) is 9.12. The van der Waals surface area contributed by atoms with Crippen molar-refractivity contribution in [3.63, 3.8) is 0 Å². The molecule has 3 N–H and O–H groups in total. The third-order valence-electron chi connectivity index (χ3n) is 3.35. The van der Waals surface area contributed by atoms with Crippen molar-refractivity contribution in [3.8, 4) is 24.0 Å². The standard InChI is InChI=1S/C19H14N6O2/c1-27-17-8-6-16(7-9-17)25-19(26)24-15-4-2-14(3-5-15)23-18(12-22)13(10-20)11-21/h2-9,23H,1H3,(H2,24,25,26). The van der Waals surface area contributed by atoms with Crippen LogP contribution in [-0.2, 0) is 0 Å². The van der Waals surface area contributed by atoms with Crippen LogP contribution in [0.15, 0.2) is 59.8 Å². The highest BCUT2D eigenvalue weighted by molar-refractivity contribution is 5.99. The van der Waals surface area contributed by atoms with Crippen LogP contribution in [-0.4, -0.2) is 13.1 Å². The number of nitrogens with zero attached hydrogens (tertiary/aromatic N) is 3. The maximum atomic E-state index is 12.0. The highest BCUT2D eigenvalue weighted by atomic mass is 16.5. The number of urea groups is 1. The lowest BCUT2D eigenvalue weighted by atomic mass is 10.2. The summed E-state index contributed by atoms with van der Waals surface area (Å²) < 4.78 is 5.05. The van der Waals surface area contributed by atoms with Crippen molar-refractivity contribution >= 4 is 23.1 Å². The molecule has 0 radical (unpaired) electrons. The van der Waals surface area contributed by atoms with Gasteiger partial charge in [0.1, 0.15) is 29.7 Å². The number of rotatable bonds is 5. The van der Waals surface area contributed by atoms with Gasteiger partial charge in [0.15, 0.2) is 5.57 Å². The molecule has 0 aliphatic heterocycles. The monoisotopic (exact) mass is 358 g/mol. The van der Waals surface area contributed by atoms with Gasteiger partial charge in [-0.05, 0) is 48.5 Å². The predicted molar refractivity (Wildman–Crippen MR) is 99.6 cm³/mol. The number of nitrogens with one attached hydrogen (secondary N) is 3. The SMILES string of the molecule is COc1ccc(NC(=O)Nc2ccc(NC(C#N)=C(C#N)C#N)cc2)cc1. The topological polar surface area (TPSA) is 134 Å². The van der Waals surface area contributed by atoms with E-state index in [1.807, 2.05) is 0 Å². The lowest BCUT2D eigenvalue weighted by molar-refractivity contribution is 0.262. The summed E-state index contributed by atoms with van der Waals surface area (Å²) in [6, 6.07) is 18.0. The third-order valence-corrected chi connectivity index (χ3v) is 3.35. The first-order valence-corrected chi connectivity index (χ1v) is 7.63. The molecule has 8 heteroatoms. The molecule has 0 aromatic heterocycles. The van der Waals surface area contributed by atoms with E-state index in [0.717, 1.165) is 0 Å². The van der Waals surface area contributed by atoms with Crippen LogP contribution in [0.4, 0.5) is 21.9 Å². The maximum Gasteiger partial charge on any atom is 0.323 e. The highest BCUT2D eigenvalue weighted by Crippen LogP contribution is 2.18. The molecule has 0 saturated heterocycles. The van der Waals surface area contributed by atoms with Crippen LogP contribution in [0, 0.1) is 34.0 Å². The number of ether oxygens (including phenoxy) is 1. The predicted octanol–water partition coefficient (Wildman–Crippen LogP) is 3.58. The van der Waals surface area contributed by atoms with E-state index in [9.17, 15) is 4.79 Å². The molecule has 2 aromatic carbocycles. The van der Waals surface area contributed by atoms with Crippen molar-refractivity contribution < 1.29 is 9.53 Å². The Morgan fingerprint density at radius 3 is 1.63 bits per heavy atom. The van der Waals surface area contributed by atoms with Crippen molar-refractivity contribution in [2.45, 2.75) is 0 Å². The molecule has 0 aliphatic carbocycles. The highest BCUT2D eigenvalue weighted by Gasteiger charge is 2.07. The van der Waals surface area contributed by atoms with E-state index in [-0.39, 0.29) is 11.3 Å². The number of amides is 2. The Morgan fingerprint density at radius 2 is 1.22 bits per heavy atom. The Morgan fingerprint density at radius 1 is 0.778 bits per heavy atom. The summed E-state index contributed by atoms with van der Waals surface area (Å²) in [5, 5.41) is 34.7. The zero-order valence-electron chi connectivity index (χ0n) is 14.3. The zero-order valence-corrected chi connectivity index (χ0v) is 14.3. The largest absolute Gasteiger partial charge is 0.497 e. The van der Waals surface area contributed by atoms with Gasteiger partial charge in [-0.25, -0.2) is 4.79 Å². The van der Waals surface area contributed by atoms with Crippen molar-refractivity contribution in [3.05, 3.63) is 59.8 Å². The summed E-state index contributed by atoms with van der Waals surface area (Å²) in [7, 11) is 1.56. The minimum atomic E-state index is -0.422. The first-order chi connectivity index (χ1) is 13.1.